The number of hydrogen-bond donors (Lipinski definition) is 1. The fraction of sp³-hybridized carbons (Fsp3) is 0. The van der Waals surface area contributed by atoms with Crippen LogP contribution < -0.4 is 0 Å². The van der Waals surface area contributed by atoms with Crippen molar-refractivity contribution < 1.29 is 30.9 Å². The van der Waals surface area contributed by atoms with Gasteiger partial charge in [-0.2, -0.15) is 0 Å². The number of aromatic hydroxyl groups is 1. The topological polar surface area (TPSA) is 33.1 Å². The third kappa shape index (κ3) is 2.75. The van der Waals surface area contributed by atoms with Crippen LogP contribution in [-0.4, -0.2) is 10.1 Å². The summed E-state index contributed by atoms with van der Waals surface area (Å²) in [6.45, 7) is 5.55. The van der Waals surface area contributed by atoms with Crippen molar-refractivity contribution in [1.29, 1.82) is 0 Å². The van der Waals surface area contributed by atoms with E-state index in [1.165, 1.54) is 0 Å². The molecule has 1 N–H and O–H groups in total. The zero-order chi connectivity index (χ0) is 9.97. The van der Waals surface area contributed by atoms with Gasteiger partial charge in [-0.1, -0.05) is 18.2 Å². The largest absolute Gasteiger partial charge is 0.507 e. The maximum Gasteiger partial charge on any atom is 0.124 e. The summed E-state index contributed by atoms with van der Waals surface area (Å²) in [7, 11) is 0. The van der Waals surface area contributed by atoms with E-state index in [4.69, 9.17) is 6.92 Å². The number of pyridine rings is 1. The molecule has 0 aliphatic rings. The minimum Gasteiger partial charge on any atom is -0.507 e. The van der Waals surface area contributed by atoms with Gasteiger partial charge in [0.2, 0.25) is 0 Å². The van der Waals surface area contributed by atoms with Gasteiger partial charge in [0.15, 0.2) is 0 Å². The molecule has 0 unspecified atom stereocenters. The van der Waals surface area contributed by atoms with E-state index in [2.05, 4.69) is 4.98 Å². The zero-order valence-corrected chi connectivity index (χ0v) is 9.89. The maximum absolute atomic E-state index is 9.57. The van der Waals surface area contributed by atoms with E-state index in [-0.39, 0.29) is 31.6 Å². The standard InChI is InChI=1S/C12H9NO.Sc/c1-9-5-4-7-11(13-9)10-6-2-3-8-12(10)14;/h1-8,14H;. The van der Waals surface area contributed by atoms with Gasteiger partial charge < -0.3 is 5.11 Å². The van der Waals surface area contributed by atoms with Gasteiger partial charge in [-0.15, -0.1) is 0 Å². The Morgan fingerprint density at radius 3 is 2.40 bits per heavy atom. The predicted octanol–water partition coefficient (Wildman–Crippen LogP) is 2.51. The molecule has 0 atom stereocenters. The van der Waals surface area contributed by atoms with Gasteiger partial charge in [0.05, 0.1) is 5.69 Å². The summed E-state index contributed by atoms with van der Waals surface area (Å²) in [4.78, 5) is 4.12. The second-order valence-corrected chi connectivity index (χ2v) is 2.96. The summed E-state index contributed by atoms with van der Waals surface area (Å²) >= 11 is 0. The zero-order valence-electron chi connectivity index (χ0n) is 8.09. The predicted molar refractivity (Wildman–Crippen MR) is 54.7 cm³/mol. The molecule has 0 amide bonds. The van der Waals surface area contributed by atoms with Crippen LogP contribution in [0.3, 0.4) is 0 Å². The Labute approximate surface area is 108 Å². The van der Waals surface area contributed by atoms with Crippen LogP contribution in [0.15, 0.2) is 42.5 Å². The maximum atomic E-state index is 9.57. The molecule has 0 saturated carbocycles. The molecule has 0 spiro atoms. The Kier molecular flexibility index (Phi) is 4.21. The van der Waals surface area contributed by atoms with Crippen LogP contribution in [0.2, 0.25) is 0 Å². The summed E-state index contributed by atoms with van der Waals surface area (Å²) in [5.74, 6) is 0.214. The van der Waals surface area contributed by atoms with Gasteiger partial charge >= 0.3 is 0 Å². The van der Waals surface area contributed by atoms with E-state index in [0.717, 1.165) is 0 Å². The van der Waals surface area contributed by atoms with Crippen LogP contribution in [0.25, 0.3) is 11.3 Å². The van der Waals surface area contributed by atoms with E-state index < -0.39 is 0 Å². The first kappa shape index (κ1) is 12.1. The molecule has 2 nitrogen and oxygen atoms in total. The average molecular weight is 228 g/mol. The van der Waals surface area contributed by atoms with Crippen molar-refractivity contribution in [2.45, 2.75) is 0 Å². The SMILES string of the molecule is [CH]c1cccc(-c2ccccc2O)n1.[Sc]. The Balaban J connectivity index is 0.00000112. The molecule has 15 heavy (non-hydrogen) atoms. The van der Waals surface area contributed by atoms with E-state index in [0.29, 0.717) is 17.0 Å². The quantitative estimate of drug-likeness (QED) is 0.813. The Morgan fingerprint density at radius 2 is 1.73 bits per heavy atom. The molecule has 1 heterocycles. The molecular weight excluding hydrogens is 219 g/mol. The third-order valence-corrected chi connectivity index (χ3v) is 1.95. The van der Waals surface area contributed by atoms with Gasteiger partial charge in [0.25, 0.3) is 0 Å². The Morgan fingerprint density at radius 1 is 1.00 bits per heavy atom. The first-order valence-electron chi connectivity index (χ1n) is 4.28. The number of nitrogens with zero attached hydrogens (tertiary/aromatic N) is 1. The number of aromatic nitrogens is 1. The molecule has 3 radical (unpaired) electrons. The monoisotopic (exact) mass is 228 g/mol. The van der Waals surface area contributed by atoms with E-state index in [9.17, 15) is 5.11 Å². The molecule has 3 heteroatoms. The molecule has 1 aromatic carbocycles. The summed E-state index contributed by atoms with van der Waals surface area (Å²) in [6.07, 6.45) is 0. The molecule has 0 saturated heterocycles. The number of para-hydroxylation sites is 1. The van der Waals surface area contributed by atoms with Crippen LogP contribution in [0, 0.1) is 6.92 Å². The molecule has 2 aromatic rings. The van der Waals surface area contributed by atoms with Crippen LogP contribution in [0.1, 0.15) is 5.69 Å². The van der Waals surface area contributed by atoms with Gasteiger partial charge in [0, 0.05) is 44.0 Å². The Bertz CT molecular complexity index is 457. The van der Waals surface area contributed by atoms with Gasteiger partial charge in [-0.25, -0.2) is 0 Å². The van der Waals surface area contributed by atoms with Gasteiger partial charge in [0.1, 0.15) is 5.75 Å². The molecule has 1 aromatic heterocycles. The summed E-state index contributed by atoms with van der Waals surface area (Å²) in [5.41, 5.74) is 1.83. The molecule has 71 valence electrons. The summed E-state index contributed by atoms with van der Waals surface area (Å²) in [5, 5.41) is 9.57. The van der Waals surface area contributed by atoms with Crippen molar-refractivity contribution in [2.24, 2.45) is 0 Å². The number of phenols is 1. The third-order valence-electron chi connectivity index (χ3n) is 1.95. The van der Waals surface area contributed by atoms with E-state index in [1.54, 1.807) is 24.3 Å². The summed E-state index contributed by atoms with van der Waals surface area (Å²) < 4.78 is 0. The van der Waals surface area contributed by atoms with Crippen LogP contribution in [0.5, 0.6) is 5.75 Å². The number of hydrogen-bond acceptors (Lipinski definition) is 2. The van der Waals surface area contributed by atoms with Gasteiger partial charge in [-0.3, -0.25) is 4.98 Å². The molecule has 0 aliphatic heterocycles. The van der Waals surface area contributed by atoms with Crippen molar-refractivity contribution in [2.75, 3.05) is 0 Å². The fourth-order valence-electron chi connectivity index (χ4n) is 1.29. The smallest absolute Gasteiger partial charge is 0.124 e. The first-order chi connectivity index (χ1) is 6.77. The number of phenolic OH excluding ortho intramolecular Hbond substituents is 1. The molecule has 0 fully saturated rings. The van der Waals surface area contributed by atoms with Crippen LogP contribution in [-0.2, 0) is 25.8 Å². The van der Waals surface area contributed by atoms with Gasteiger partial charge in [-0.05, 0) is 24.3 Å². The first-order valence-corrected chi connectivity index (χ1v) is 4.28. The minimum atomic E-state index is 0. The van der Waals surface area contributed by atoms with Crippen molar-refractivity contribution >= 4 is 0 Å². The molecule has 2 rings (SSSR count). The van der Waals surface area contributed by atoms with Crippen molar-refractivity contribution in [3.63, 3.8) is 0 Å². The molecule has 0 bridgehead atoms. The van der Waals surface area contributed by atoms with Crippen molar-refractivity contribution in [3.05, 3.63) is 55.1 Å². The second kappa shape index (κ2) is 5.21. The average Bonchev–Trinajstić information content (AvgIpc) is 2.18. The van der Waals surface area contributed by atoms with Crippen LogP contribution in [0.4, 0.5) is 0 Å². The van der Waals surface area contributed by atoms with E-state index in [1.807, 2.05) is 18.2 Å². The molecular formula is C12H9NOSc. The number of benzene rings is 1. The van der Waals surface area contributed by atoms with Crippen molar-refractivity contribution in [3.8, 4) is 17.0 Å². The summed E-state index contributed by atoms with van der Waals surface area (Å²) in [6, 6.07) is 12.4. The minimum absolute atomic E-state index is 0. The van der Waals surface area contributed by atoms with E-state index >= 15 is 0 Å². The number of rotatable bonds is 1. The Hall–Kier alpha value is -0.960. The normalized spacial score (nSPS) is 9.40. The van der Waals surface area contributed by atoms with Crippen molar-refractivity contribution in [1.82, 2.24) is 4.98 Å². The van der Waals surface area contributed by atoms with Crippen LogP contribution >= 0.6 is 0 Å². The molecule has 0 aliphatic carbocycles. The fourth-order valence-corrected chi connectivity index (χ4v) is 1.29. The second-order valence-electron chi connectivity index (χ2n) is 2.96.